The molecule has 32 heavy (non-hydrogen) atoms. The zero-order valence-corrected chi connectivity index (χ0v) is 22.3. The normalized spacial score (nSPS) is 10.2. The number of ether oxygens (including phenoxy) is 1. The fraction of sp³-hybridized carbons (Fsp3) is 0.792. The number of aliphatic carboxylic acids is 2. The second-order valence-electron chi connectivity index (χ2n) is 7.68. The molecule has 0 radical (unpaired) electrons. The van der Waals surface area contributed by atoms with Crippen LogP contribution in [0.15, 0.2) is 12.2 Å². The average Bonchev–Trinajstić information content (AvgIpc) is 2.74. The van der Waals surface area contributed by atoms with Crippen LogP contribution in [0, 0.1) is 0 Å². The van der Waals surface area contributed by atoms with Gasteiger partial charge in [-0.3, -0.25) is 0 Å². The van der Waals surface area contributed by atoms with Gasteiger partial charge < -0.3 is 24.9 Å². The predicted octanol–water partition coefficient (Wildman–Crippen LogP) is 1.16. The van der Waals surface area contributed by atoms with Gasteiger partial charge in [-0.25, -0.2) is 9.59 Å². The molecule has 0 fully saturated rings. The van der Waals surface area contributed by atoms with Crippen molar-refractivity contribution in [2.24, 2.45) is 0 Å². The first-order valence-corrected chi connectivity index (χ1v) is 11.8. The number of unbranched alkanes of at least 4 members (excludes halogenated alkanes) is 15. The Morgan fingerprint density at radius 2 is 1.06 bits per heavy atom. The Morgan fingerprint density at radius 3 is 1.38 bits per heavy atom. The molecule has 0 bridgehead atoms. The minimum Gasteiger partial charge on any atom is -0.545 e. The molecule has 0 saturated heterocycles. The second-order valence-corrected chi connectivity index (χ2v) is 7.68. The van der Waals surface area contributed by atoms with Crippen LogP contribution in [0.4, 0.5) is 0 Å². The molecule has 0 atom stereocenters. The van der Waals surface area contributed by atoms with Gasteiger partial charge in [-0.05, 0) is 12.5 Å². The molecule has 0 heterocycles. The maximum absolute atomic E-state index is 11.1. The topological polar surface area (TPSA) is 124 Å². The number of carbonyl (C=O) groups excluding carboxylic acids is 2. The van der Waals surface area contributed by atoms with Crippen LogP contribution >= 0.6 is 0 Å². The smallest absolute Gasteiger partial charge is 0.545 e. The molecule has 0 aromatic carbocycles. The molecular formula is C24H43NaO7. The number of carboxylic acids is 2. The van der Waals surface area contributed by atoms with Crippen molar-refractivity contribution in [1.29, 1.82) is 0 Å². The average molecular weight is 467 g/mol. The van der Waals surface area contributed by atoms with Crippen LogP contribution in [-0.4, -0.2) is 41.3 Å². The van der Waals surface area contributed by atoms with E-state index in [0.717, 1.165) is 18.9 Å². The van der Waals surface area contributed by atoms with Crippen molar-refractivity contribution < 1.29 is 64.0 Å². The Balaban J connectivity index is -0.00000125. The van der Waals surface area contributed by atoms with Crippen molar-refractivity contribution in [2.45, 2.75) is 110 Å². The van der Waals surface area contributed by atoms with E-state index < -0.39 is 24.5 Å². The van der Waals surface area contributed by atoms with E-state index in [4.69, 9.17) is 19.7 Å². The minimum atomic E-state index is -1.38. The third kappa shape index (κ3) is 36.5. The molecule has 0 saturated carbocycles. The van der Waals surface area contributed by atoms with Crippen molar-refractivity contribution in [2.75, 3.05) is 13.2 Å². The van der Waals surface area contributed by atoms with E-state index in [-0.39, 0.29) is 29.6 Å². The van der Waals surface area contributed by atoms with E-state index in [2.05, 4.69) is 6.92 Å². The summed E-state index contributed by atoms with van der Waals surface area (Å²) in [6, 6.07) is 0. The molecule has 0 aliphatic rings. The monoisotopic (exact) mass is 466 g/mol. The first-order chi connectivity index (χ1) is 14.9. The number of aliphatic hydroxyl groups is 1. The number of rotatable bonds is 20. The Labute approximate surface area is 216 Å². The third-order valence-electron chi connectivity index (χ3n) is 4.73. The summed E-state index contributed by atoms with van der Waals surface area (Å²) in [5.41, 5.74) is 0. The number of hydrogen-bond acceptors (Lipinski definition) is 6. The molecule has 0 unspecified atom stereocenters. The molecule has 7 nitrogen and oxygen atoms in total. The third-order valence-corrected chi connectivity index (χ3v) is 4.73. The predicted molar refractivity (Wildman–Crippen MR) is 119 cm³/mol. The molecule has 0 aliphatic carbocycles. The summed E-state index contributed by atoms with van der Waals surface area (Å²) in [6.07, 6.45) is 22.4. The summed E-state index contributed by atoms with van der Waals surface area (Å²) < 4.78 is 4.89. The Morgan fingerprint density at radius 1 is 0.719 bits per heavy atom. The van der Waals surface area contributed by atoms with Gasteiger partial charge in [-0.1, -0.05) is 103 Å². The van der Waals surface area contributed by atoms with E-state index in [1.807, 2.05) is 0 Å². The van der Waals surface area contributed by atoms with Gasteiger partial charge in [0.1, 0.15) is 6.61 Å². The maximum atomic E-state index is 11.1. The molecule has 0 spiro atoms. The molecule has 0 rings (SSSR count). The second kappa shape index (κ2) is 30.1. The van der Waals surface area contributed by atoms with E-state index >= 15 is 0 Å². The van der Waals surface area contributed by atoms with Crippen LogP contribution in [0.2, 0.25) is 0 Å². The molecular weight excluding hydrogens is 423 g/mol. The first-order valence-electron chi connectivity index (χ1n) is 11.8. The van der Waals surface area contributed by atoms with Gasteiger partial charge in [0.2, 0.25) is 0 Å². The van der Waals surface area contributed by atoms with Gasteiger partial charge in [0.05, 0.1) is 12.6 Å². The van der Waals surface area contributed by atoms with Crippen LogP contribution in [-0.2, 0) is 19.1 Å². The number of hydrogen-bond donors (Lipinski definition) is 2. The van der Waals surface area contributed by atoms with Crippen LogP contribution in [0.25, 0.3) is 0 Å². The number of aliphatic hydroxyl groups excluding tert-OH is 1. The van der Waals surface area contributed by atoms with Gasteiger partial charge in [0.15, 0.2) is 0 Å². The van der Waals surface area contributed by atoms with E-state index in [9.17, 15) is 14.7 Å². The van der Waals surface area contributed by atoms with Crippen LogP contribution in [0.1, 0.15) is 110 Å². The zero-order valence-electron chi connectivity index (χ0n) is 20.3. The molecule has 0 aromatic rings. The van der Waals surface area contributed by atoms with Gasteiger partial charge >= 0.3 is 41.5 Å². The van der Waals surface area contributed by atoms with Gasteiger partial charge in [0.25, 0.3) is 0 Å². The van der Waals surface area contributed by atoms with Gasteiger partial charge in [-0.15, -0.1) is 0 Å². The van der Waals surface area contributed by atoms with Crippen molar-refractivity contribution >= 4 is 17.9 Å². The SMILES string of the molecule is CCCCCCCCCCCCCCCCCCOC(=O)C=CC(=O)[O-].O=C(O)CO.[Na+]. The number of esters is 1. The minimum absolute atomic E-state index is 0. The molecule has 0 aliphatic heterocycles. The Kier molecular flexibility index (Phi) is 33.6. The number of carbonyl (C=O) groups is 3. The molecule has 0 aromatic heterocycles. The van der Waals surface area contributed by atoms with Crippen LogP contribution < -0.4 is 34.7 Å². The Bertz CT molecular complexity index is 467. The summed E-state index contributed by atoms with van der Waals surface area (Å²) in [5, 5.41) is 25.1. The quantitative estimate of drug-likeness (QED) is 0.119. The first kappa shape index (κ1) is 35.7. The van der Waals surface area contributed by atoms with E-state index in [0.29, 0.717) is 12.7 Å². The van der Waals surface area contributed by atoms with Crippen molar-refractivity contribution in [3.05, 3.63) is 12.2 Å². The van der Waals surface area contributed by atoms with Gasteiger partial charge in [0, 0.05) is 6.08 Å². The number of carboxylic acid groups (broad SMARTS) is 2. The summed E-state index contributed by atoms with van der Waals surface area (Å²) >= 11 is 0. The summed E-state index contributed by atoms with van der Waals surface area (Å²) in [7, 11) is 0. The van der Waals surface area contributed by atoms with Crippen molar-refractivity contribution in [3.8, 4) is 0 Å². The molecule has 182 valence electrons. The maximum Gasteiger partial charge on any atom is 1.00 e. The van der Waals surface area contributed by atoms with Crippen LogP contribution in [0.3, 0.4) is 0 Å². The van der Waals surface area contributed by atoms with Crippen molar-refractivity contribution in [3.63, 3.8) is 0 Å². The molecule has 8 heteroatoms. The molecule has 2 N–H and O–H groups in total. The van der Waals surface area contributed by atoms with Gasteiger partial charge in [-0.2, -0.15) is 0 Å². The largest absolute Gasteiger partial charge is 1.00 e. The Hall–Kier alpha value is -0.890. The summed E-state index contributed by atoms with van der Waals surface area (Å²) in [4.78, 5) is 30.4. The fourth-order valence-electron chi connectivity index (χ4n) is 3.01. The van der Waals surface area contributed by atoms with Crippen molar-refractivity contribution in [1.82, 2.24) is 0 Å². The zero-order chi connectivity index (χ0) is 23.6. The van der Waals surface area contributed by atoms with E-state index in [1.165, 1.54) is 89.9 Å². The van der Waals surface area contributed by atoms with Crippen LogP contribution in [0.5, 0.6) is 0 Å². The standard InChI is InChI=1S/C22H40O4.C2H4O3.Na/c1-2-3-4-5-6-7-8-9-10-11-12-13-14-15-16-17-20-26-22(25)19-18-21(23)24;3-1-2(4)5;/h18-19H,2-17,20H2,1H3,(H,23,24);3H,1H2,(H,4,5);/q;;+1/p-1. The summed E-state index contributed by atoms with van der Waals surface area (Å²) in [5.74, 6) is -3.19. The van der Waals surface area contributed by atoms with E-state index in [1.54, 1.807) is 0 Å². The fourth-order valence-corrected chi connectivity index (χ4v) is 3.01. The summed E-state index contributed by atoms with van der Waals surface area (Å²) in [6.45, 7) is 1.84. The molecule has 0 amide bonds.